The third-order valence-electron chi connectivity index (χ3n) is 5.72. The predicted molar refractivity (Wildman–Crippen MR) is 119 cm³/mol. The van der Waals surface area contributed by atoms with Crippen molar-refractivity contribution >= 4 is 17.6 Å². The number of halogens is 1. The summed E-state index contributed by atoms with van der Waals surface area (Å²) in [4.78, 5) is 32.2. The largest absolute Gasteiger partial charge is 0.338 e. The molecule has 4 rings (SSSR count). The summed E-state index contributed by atoms with van der Waals surface area (Å²) in [6, 6.07) is 11.5. The van der Waals surface area contributed by atoms with E-state index in [0.717, 1.165) is 24.2 Å². The molecular formula is C24H26FN5O2. The normalized spacial score (nSPS) is 16.1. The van der Waals surface area contributed by atoms with Crippen LogP contribution in [-0.4, -0.2) is 44.6 Å². The van der Waals surface area contributed by atoms with Crippen molar-refractivity contribution in [2.24, 2.45) is 5.92 Å². The molecule has 1 saturated heterocycles. The highest BCUT2D eigenvalue weighted by Crippen LogP contribution is 2.23. The number of aryl methyl sites for hydroxylation is 1. The maximum Gasteiger partial charge on any atom is 0.257 e. The second-order valence-electron chi connectivity index (χ2n) is 7.99. The number of nitrogens with one attached hydrogen (secondary N) is 1. The van der Waals surface area contributed by atoms with Crippen molar-refractivity contribution in [3.63, 3.8) is 0 Å². The second kappa shape index (κ2) is 9.30. The zero-order valence-electron chi connectivity index (χ0n) is 18.2. The molecule has 1 fully saturated rings. The molecule has 166 valence electrons. The Balaban J connectivity index is 1.49. The van der Waals surface area contributed by atoms with E-state index in [4.69, 9.17) is 0 Å². The van der Waals surface area contributed by atoms with Crippen molar-refractivity contribution in [3.05, 3.63) is 71.4 Å². The number of likely N-dealkylation sites (tertiary alicyclic amines) is 1. The summed E-state index contributed by atoms with van der Waals surface area (Å²) in [5.41, 5.74) is 2.80. The molecule has 1 aliphatic heterocycles. The zero-order valence-corrected chi connectivity index (χ0v) is 18.2. The molecule has 7 nitrogen and oxygen atoms in total. The molecule has 2 aromatic heterocycles. The lowest BCUT2D eigenvalue weighted by atomic mass is 9.96. The molecule has 1 unspecified atom stereocenters. The van der Waals surface area contributed by atoms with Gasteiger partial charge in [0.25, 0.3) is 5.91 Å². The number of hydrogen-bond donors (Lipinski definition) is 1. The third-order valence-corrected chi connectivity index (χ3v) is 5.72. The minimum Gasteiger partial charge on any atom is -0.338 e. The molecule has 0 saturated carbocycles. The summed E-state index contributed by atoms with van der Waals surface area (Å²) >= 11 is 0. The lowest BCUT2D eigenvalue weighted by Crippen LogP contribution is -2.44. The number of aromatic nitrogens is 3. The molecule has 0 bridgehead atoms. The van der Waals surface area contributed by atoms with E-state index in [2.05, 4.69) is 15.4 Å². The Bertz CT molecular complexity index is 1130. The Morgan fingerprint density at radius 1 is 1.19 bits per heavy atom. The van der Waals surface area contributed by atoms with E-state index in [1.165, 1.54) is 12.1 Å². The van der Waals surface area contributed by atoms with Crippen LogP contribution in [0.5, 0.6) is 0 Å². The van der Waals surface area contributed by atoms with Crippen LogP contribution >= 0.6 is 0 Å². The van der Waals surface area contributed by atoms with Gasteiger partial charge in [-0.25, -0.2) is 14.1 Å². The monoisotopic (exact) mass is 435 g/mol. The van der Waals surface area contributed by atoms with Gasteiger partial charge in [0.2, 0.25) is 5.91 Å². The van der Waals surface area contributed by atoms with Crippen LogP contribution in [0.15, 0.2) is 48.7 Å². The first kappa shape index (κ1) is 21.7. The van der Waals surface area contributed by atoms with Gasteiger partial charge in [-0.05, 0) is 62.6 Å². The van der Waals surface area contributed by atoms with Crippen LogP contribution in [-0.2, 0) is 11.2 Å². The SMILES string of the molecule is CCc1c(C(=O)N2CCCC(C(=O)Nc3cccc(C)n3)C2)cnn1-c1ccc(F)cc1. The minimum absolute atomic E-state index is 0.127. The number of pyridine rings is 1. The van der Waals surface area contributed by atoms with Gasteiger partial charge in [0.05, 0.1) is 29.1 Å². The Morgan fingerprint density at radius 3 is 2.69 bits per heavy atom. The topological polar surface area (TPSA) is 80.1 Å². The van der Waals surface area contributed by atoms with Gasteiger partial charge in [0.15, 0.2) is 0 Å². The van der Waals surface area contributed by atoms with Crippen molar-refractivity contribution in [1.82, 2.24) is 19.7 Å². The fourth-order valence-electron chi connectivity index (χ4n) is 4.08. The molecule has 1 aromatic carbocycles. The number of carbonyl (C=O) groups is 2. The maximum atomic E-state index is 13.3. The zero-order chi connectivity index (χ0) is 22.7. The van der Waals surface area contributed by atoms with Crippen molar-refractivity contribution in [2.45, 2.75) is 33.1 Å². The van der Waals surface area contributed by atoms with Gasteiger partial charge in [-0.1, -0.05) is 13.0 Å². The number of anilines is 1. The minimum atomic E-state index is -0.325. The summed E-state index contributed by atoms with van der Waals surface area (Å²) in [5, 5.41) is 7.25. The molecule has 3 heterocycles. The van der Waals surface area contributed by atoms with Gasteiger partial charge >= 0.3 is 0 Å². The maximum absolute atomic E-state index is 13.3. The number of carbonyl (C=O) groups excluding carboxylic acids is 2. The third kappa shape index (κ3) is 4.54. The smallest absolute Gasteiger partial charge is 0.257 e. The fourth-order valence-corrected chi connectivity index (χ4v) is 4.08. The standard InChI is InChI=1S/C24H26FN5O2/c1-3-21-20(14-26-30(21)19-11-9-18(25)10-12-19)24(32)29-13-5-7-17(15-29)23(31)28-22-8-4-6-16(2)27-22/h4,6,8-12,14,17H,3,5,7,13,15H2,1-2H3,(H,27,28,31). The van der Waals surface area contributed by atoms with Gasteiger partial charge in [0.1, 0.15) is 11.6 Å². The second-order valence-corrected chi connectivity index (χ2v) is 7.99. The number of piperidine rings is 1. The van der Waals surface area contributed by atoms with Crippen LogP contribution in [0.3, 0.4) is 0 Å². The molecule has 32 heavy (non-hydrogen) atoms. The average molecular weight is 436 g/mol. The molecule has 0 aliphatic carbocycles. The number of nitrogens with zero attached hydrogens (tertiary/aromatic N) is 4. The molecule has 0 spiro atoms. The van der Waals surface area contributed by atoms with Gasteiger partial charge in [-0.3, -0.25) is 9.59 Å². The summed E-state index contributed by atoms with van der Waals surface area (Å²) in [6.07, 6.45) is 3.62. The molecule has 1 N–H and O–H groups in total. The van der Waals surface area contributed by atoms with Crippen molar-refractivity contribution in [1.29, 1.82) is 0 Å². The van der Waals surface area contributed by atoms with Crippen LogP contribution in [0, 0.1) is 18.7 Å². The molecule has 3 aromatic rings. The van der Waals surface area contributed by atoms with E-state index >= 15 is 0 Å². The molecule has 8 heteroatoms. The molecular weight excluding hydrogens is 409 g/mol. The first-order valence-corrected chi connectivity index (χ1v) is 10.8. The van der Waals surface area contributed by atoms with Gasteiger partial charge < -0.3 is 10.2 Å². The highest BCUT2D eigenvalue weighted by atomic mass is 19.1. The highest BCUT2D eigenvalue weighted by molar-refractivity contribution is 5.96. The number of benzene rings is 1. The first-order valence-electron chi connectivity index (χ1n) is 10.8. The van der Waals surface area contributed by atoms with E-state index in [1.807, 2.05) is 26.0 Å². The lowest BCUT2D eigenvalue weighted by molar-refractivity contribution is -0.121. The van der Waals surface area contributed by atoms with E-state index in [9.17, 15) is 14.0 Å². The quantitative estimate of drug-likeness (QED) is 0.662. The fraction of sp³-hybridized carbons (Fsp3) is 0.333. The molecule has 0 radical (unpaired) electrons. The first-order chi connectivity index (χ1) is 15.5. The summed E-state index contributed by atoms with van der Waals surface area (Å²) in [5.74, 6) is -0.368. The van der Waals surface area contributed by atoms with E-state index in [1.54, 1.807) is 34.0 Å². The predicted octanol–water partition coefficient (Wildman–Crippen LogP) is 3.77. The van der Waals surface area contributed by atoms with Crippen molar-refractivity contribution in [2.75, 3.05) is 18.4 Å². The van der Waals surface area contributed by atoms with Crippen molar-refractivity contribution in [3.8, 4) is 5.69 Å². The molecule has 2 amide bonds. The summed E-state index contributed by atoms with van der Waals surface area (Å²) in [7, 11) is 0. The van der Waals surface area contributed by atoms with Crippen LogP contribution in [0.25, 0.3) is 5.69 Å². The number of amides is 2. The van der Waals surface area contributed by atoms with E-state index in [0.29, 0.717) is 36.6 Å². The Morgan fingerprint density at radius 2 is 1.97 bits per heavy atom. The van der Waals surface area contributed by atoms with E-state index in [-0.39, 0.29) is 23.5 Å². The number of hydrogen-bond acceptors (Lipinski definition) is 4. The highest BCUT2D eigenvalue weighted by Gasteiger charge is 2.31. The van der Waals surface area contributed by atoms with Gasteiger partial charge in [-0.15, -0.1) is 0 Å². The van der Waals surface area contributed by atoms with Crippen LogP contribution in [0.4, 0.5) is 10.2 Å². The molecule has 1 atom stereocenters. The average Bonchev–Trinajstić information content (AvgIpc) is 3.23. The summed E-state index contributed by atoms with van der Waals surface area (Å²) in [6.45, 7) is 4.76. The Labute approximate surface area is 186 Å². The number of rotatable bonds is 5. The summed E-state index contributed by atoms with van der Waals surface area (Å²) < 4.78 is 15.0. The van der Waals surface area contributed by atoms with Crippen molar-refractivity contribution < 1.29 is 14.0 Å². The van der Waals surface area contributed by atoms with Gasteiger partial charge in [0, 0.05) is 18.8 Å². The molecule has 1 aliphatic rings. The van der Waals surface area contributed by atoms with Crippen LogP contribution in [0.2, 0.25) is 0 Å². The van der Waals surface area contributed by atoms with Crippen LogP contribution in [0.1, 0.15) is 41.5 Å². The Kier molecular flexibility index (Phi) is 6.30. The Hall–Kier alpha value is -3.55. The van der Waals surface area contributed by atoms with Gasteiger partial charge in [-0.2, -0.15) is 5.10 Å². The van der Waals surface area contributed by atoms with E-state index < -0.39 is 0 Å². The lowest BCUT2D eigenvalue weighted by Gasteiger charge is -2.32. The van der Waals surface area contributed by atoms with Crippen LogP contribution < -0.4 is 5.32 Å².